The van der Waals surface area contributed by atoms with Gasteiger partial charge in [-0.15, -0.1) is 0 Å². The summed E-state index contributed by atoms with van der Waals surface area (Å²) in [6.07, 6.45) is -5.74. The molecule has 0 N–H and O–H groups in total. The first-order valence-electron chi connectivity index (χ1n) is 3.47. The Morgan fingerprint density at radius 3 is 2.15 bits per heavy atom. The zero-order valence-corrected chi connectivity index (χ0v) is 7.14. The number of alkyl halides is 3. The fourth-order valence-electron chi connectivity index (χ4n) is 0.678. The first-order valence-corrected chi connectivity index (χ1v) is 3.47. The SMILES string of the molecule is COC(=O)[C@@H](C)CC(=O)C(F)(F)F. The molecule has 0 heterocycles. The normalized spacial score (nSPS) is 13.6. The van der Waals surface area contributed by atoms with Crippen LogP contribution < -0.4 is 0 Å². The summed E-state index contributed by atoms with van der Waals surface area (Å²) in [4.78, 5) is 21.0. The van der Waals surface area contributed by atoms with Gasteiger partial charge in [-0.3, -0.25) is 9.59 Å². The van der Waals surface area contributed by atoms with Crippen LogP contribution in [-0.2, 0) is 14.3 Å². The second-order valence-corrected chi connectivity index (χ2v) is 2.55. The predicted octanol–water partition coefficient (Wildman–Crippen LogP) is 1.32. The highest BCUT2D eigenvalue weighted by atomic mass is 19.4. The molecule has 13 heavy (non-hydrogen) atoms. The van der Waals surface area contributed by atoms with Crippen molar-refractivity contribution in [2.75, 3.05) is 7.11 Å². The summed E-state index contributed by atoms with van der Waals surface area (Å²) in [5, 5.41) is 0. The van der Waals surface area contributed by atoms with E-state index in [0.29, 0.717) is 0 Å². The van der Waals surface area contributed by atoms with E-state index in [9.17, 15) is 22.8 Å². The molecule has 76 valence electrons. The molecule has 6 heteroatoms. The minimum absolute atomic E-state index is 0.822. The zero-order chi connectivity index (χ0) is 10.6. The van der Waals surface area contributed by atoms with Crippen LogP contribution in [0.15, 0.2) is 0 Å². The highest BCUT2D eigenvalue weighted by Crippen LogP contribution is 2.20. The van der Waals surface area contributed by atoms with Gasteiger partial charge >= 0.3 is 12.1 Å². The second kappa shape index (κ2) is 4.25. The molecule has 0 aromatic rings. The molecular weight excluding hydrogens is 189 g/mol. The third-order valence-electron chi connectivity index (χ3n) is 1.41. The Kier molecular flexibility index (Phi) is 3.90. The monoisotopic (exact) mass is 198 g/mol. The van der Waals surface area contributed by atoms with Crippen molar-refractivity contribution in [2.24, 2.45) is 5.92 Å². The van der Waals surface area contributed by atoms with Crippen molar-refractivity contribution in [3.8, 4) is 0 Å². The molecule has 0 amide bonds. The molecule has 0 aliphatic carbocycles. The van der Waals surface area contributed by atoms with E-state index in [4.69, 9.17) is 0 Å². The maximum Gasteiger partial charge on any atom is 0.449 e. The lowest BCUT2D eigenvalue weighted by Gasteiger charge is -2.09. The smallest absolute Gasteiger partial charge is 0.449 e. The van der Waals surface area contributed by atoms with Crippen molar-refractivity contribution in [1.82, 2.24) is 0 Å². The van der Waals surface area contributed by atoms with Gasteiger partial charge in [0.1, 0.15) is 0 Å². The fraction of sp³-hybridized carbons (Fsp3) is 0.714. The quantitative estimate of drug-likeness (QED) is 0.642. The maximum absolute atomic E-state index is 11.7. The fourth-order valence-corrected chi connectivity index (χ4v) is 0.678. The van der Waals surface area contributed by atoms with Crippen LogP contribution in [0.25, 0.3) is 0 Å². The topological polar surface area (TPSA) is 43.4 Å². The van der Waals surface area contributed by atoms with Gasteiger partial charge in [0.15, 0.2) is 0 Å². The van der Waals surface area contributed by atoms with Crippen molar-refractivity contribution in [3.05, 3.63) is 0 Å². The summed E-state index contributed by atoms with van der Waals surface area (Å²) < 4.78 is 39.2. The van der Waals surface area contributed by atoms with Crippen LogP contribution in [0, 0.1) is 5.92 Å². The minimum Gasteiger partial charge on any atom is -0.469 e. The average Bonchev–Trinajstić information content (AvgIpc) is 2.01. The number of methoxy groups -OCH3 is 1. The molecule has 0 saturated carbocycles. The van der Waals surface area contributed by atoms with Gasteiger partial charge < -0.3 is 4.74 Å². The number of rotatable bonds is 3. The molecule has 0 fully saturated rings. The summed E-state index contributed by atoms with van der Waals surface area (Å²) in [6.45, 7) is 1.20. The van der Waals surface area contributed by atoms with Gasteiger partial charge in [-0.2, -0.15) is 13.2 Å². The molecule has 0 unspecified atom stereocenters. The molecule has 1 atom stereocenters. The Morgan fingerprint density at radius 1 is 1.38 bits per heavy atom. The summed E-state index contributed by atoms with van der Waals surface area (Å²) in [7, 11) is 1.05. The molecular formula is C7H9F3O3. The van der Waals surface area contributed by atoms with Crippen molar-refractivity contribution in [2.45, 2.75) is 19.5 Å². The number of Topliss-reactive ketones (excluding diaryl/α,β-unsaturated/α-hetero) is 1. The third-order valence-corrected chi connectivity index (χ3v) is 1.41. The van der Waals surface area contributed by atoms with Gasteiger partial charge in [0.2, 0.25) is 5.78 Å². The van der Waals surface area contributed by atoms with Crippen LogP contribution in [-0.4, -0.2) is 25.0 Å². The molecule has 0 rings (SSSR count). The van der Waals surface area contributed by atoms with Crippen molar-refractivity contribution >= 4 is 11.8 Å². The van der Waals surface area contributed by atoms with Gasteiger partial charge in [-0.1, -0.05) is 6.92 Å². The number of hydrogen-bond donors (Lipinski definition) is 0. The maximum atomic E-state index is 11.7. The molecule has 0 bridgehead atoms. The highest BCUT2D eigenvalue weighted by Gasteiger charge is 2.39. The third kappa shape index (κ3) is 3.91. The first kappa shape index (κ1) is 11.9. The summed E-state index contributed by atoms with van der Waals surface area (Å²) in [5.74, 6) is -3.79. The lowest BCUT2D eigenvalue weighted by molar-refractivity contribution is -0.173. The van der Waals surface area contributed by atoms with Gasteiger partial charge in [0.25, 0.3) is 0 Å². The summed E-state index contributed by atoms with van der Waals surface area (Å²) in [5.41, 5.74) is 0. The Morgan fingerprint density at radius 2 is 1.85 bits per heavy atom. The van der Waals surface area contributed by atoms with Crippen LogP contribution in [0.5, 0.6) is 0 Å². The van der Waals surface area contributed by atoms with Crippen LogP contribution in [0.3, 0.4) is 0 Å². The van der Waals surface area contributed by atoms with Gasteiger partial charge in [0, 0.05) is 6.42 Å². The molecule has 0 aliphatic heterocycles. The Labute approximate surface area is 72.9 Å². The number of carbonyl (C=O) groups is 2. The van der Waals surface area contributed by atoms with Crippen molar-refractivity contribution in [1.29, 1.82) is 0 Å². The van der Waals surface area contributed by atoms with E-state index in [1.54, 1.807) is 0 Å². The minimum atomic E-state index is -4.87. The van der Waals surface area contributed by atoms with Crippen LogP contribution in [0.1, 0.15) is 13.3 Å². The molecule has 0 spiro atoms. The number of ether oxygens (including phenoxy) is 1. The lowest BCUT2D eigenvalue weighted by atomic mass is 10.1. The Hall–Kier alpha value is -1.07. The van der Waals surface area contributed by atoms with E-state index >= 15 is 0 Å². The van der Waals surface area contributed by atoms with Gasteiger partial charge in [0.05, 0.1) is 13.0 Å². The van der Waals surface area contributed by atoms with E-state index in [0.717, 1.165) is 7.11 Å². The summed E-state index contributed by atoms with van der Waals surface area (Å²) in [6, 6.07) is 0. The molecule has 3 nitrogen and oxygen atoms in total. The zero-order valence-electron chi connectivity index (χ0n) is 7.14. The van der Waals surface area contributed by atoms with Crippen LogP contribution in [0.2, 0.25) is 0 Å². The molecule has 0 radical (unpaired) electrons. The van der Waals surface area contributed by atoms with E-state index in [2.05, 4.69) is 4.74 Å². The van der Waals surface area contributed by atoms with E-state index in [1.807, 2.05) is 0 Å². The standard InChI is InChI=1S/C7H9F3O3/c1-4(6(12)13-2)3-5(11)7(8,9)10/h4H,3H2,1-2H3/t4-/m0/s1. The predicted molar refractivity (Wildman–Crippen MR) is 36.9 cm³/mol. The Bertz CT molecular complexity index is 210. The largest absolute Gasteiger partial charge is 0.469 e. The number of halogens is 3. The highest BCUT2D eigenvalue weighted by molar-refractivity contribution is 5.88. The van der Waals surface area contributed by atoms with E-state index in [1.165, 1.54) is 6.92 Å². The average molecular weight is 198 g/mol. The number of carbonyl (C=O) groups excluding carboxylic acids is 2. The molecule has 0 saturated heterocycles. The number of hydrogen-bond acceptors (Lipinski definition) is 3. The van der Waals surface area contributed by atoms with E-state index < -0.39 is 30.3 Å². The van der Waals surface area contributed by atoms with Crippen LogP contribution in [0.4, 0.5) is 13.2 Å². The number of esters is 1. The lowest BCUT2D eigenvalue weighted by Crippen LogP contribution is -2.27. The van der Waals surface area contributed by atoms with E-state index in [-0.39, 0.29) is 0 Å². The second-order valence-electron chi connectivity index (χ2n) is 2.55. The Balaban J connectivity index is 4.15. The number of ketones is 1. The van der Waals surface area contributed by atoms with Gasteiger partial charge in [-0.25, -0.2) is 0 Å². The summed E-state index contributed by atoms with van der Waals surface area (Å²) >= 11 is 0. The molecule has 0 aromatic carbocycles. The molecule has 0 aromatic heterocycles. The first-order chi connectivity index (χ1) is 5.79. The molecule has 0 aliphatic rings. The van der Waals surface area contributed by atoms with Crippen molar-refractivity contribution < 1.29 is 27.5 Å². The van der Waals surface area contributed by atoms with Gasteiger partial charge in [-0.05, 0) is 0 Å². The van der Waals surface area contributed by atoms with Crippen LogP contribution >= 0.6 is 0 Å². The van der Waals surface area contributed by atoms with Crippen molar-refractivity contribution in [3.63, 3.8) is 0 Å².